The second-order valence-corrected chi connectivity index (χ2v) is 8.80. The number of rotatable bonds is 10. The molecule has 0 aliphatic carbocycles. The average molecular weight is 545 g/mol. The van der Waals surface area contributed by atoms with Crippen LogP contribution >= 0.6 is 11.6 Å². The SMILES string of the molecule is CC(=O)NCCNCc1cccc(C#Cc2cncnc2Nc2ccc(OCc3cccc(F)c3)c(Cl)c2)n1. The number of hydrogen-bond acceptors (Lipinski definition) is 7. The standard InChI is InChI=1S/C29H26ClFN6O2/c1-20(38)34-13-12-32-17-26-7-3-6-24(36-26)9-8-22-16-33-19-35-29(22)37-25-10-11-28(27(30)15-25)39-18-21-4-2-5-23(31)14-21/h2-7,10-11,14-16,19,32H,12-13,17-18H2,1H3,(H,34,38)(H,33,35,37). The molecular weight excluding hydrogens is 519 g/mol. The van der Waals surface area contributed by atoms with Gasteiger partial charge in [-0.2, -0.15) is 0 Å². The van der Waals surface area contributed by atoms with E-state index in [0.717, 1.165) is 5.69 Å². The van der Waals surface area contributed by atoms with E-state index in [1.165, 1.54) is 25.4 Å². The maximum absolute atomic E-state index is 13.4. The van der Waals surface area contributed by atoms with Gasteiger partial charge in [-0.05, 0) is 53.9 Å². The molecule has 2 heterocycles. The number of benzene rings is 2. The fourth-order valence-corrected chi connectivity index (χ4v) is 3.70. The molecule has 0 atom stereocenters. The lowest BCUT2D eigenvalue weighted by atomic mass is 10.2. The molecule has 0 radical (unpaired) electrons. The van der Waals surface area contributed by atoms with Gasteiger partial charge < -0.3 is 20.7 Å². The summed E-state index contributed by atoms with van der Waals surface area (Å²) >= 11 is 6.42. The van der Waals surface area contributed by atoms with Crippen molar-refractivity contribution in [2.24, 2.45) is 0 Å². The molecule has 0 bridgehead atoms. The lowest BCUT2D eigenvalue weighted by molar-refractivity contribution is -0.118. The lowest BCUT2D eigenvalue weighted by Gasteiger charge is -2.11. The van der Waals surface area contributed by atoms with Gasteiger partial charge in [0.2, 0.25) is 5.91 Å². The van der Waals surface area contributed by atoms with E-state index in [-0.39, 0.29) is 18.3 Å². The average Bonchev–Trinajstić information content (AvgIpc) is 2.92. The van der Waals surface area contributed by atoms with Crippen molar-refractivity contribution in [2.75, 3.05) is 18.4 Å². The number of nitrogens with zero attached hydrogens (tertiary/aromatic N) is 3. The highest BCUT2D eigenvalue weighted by molar-refractivity contribution is 6.32. The van der Waals surface area contributed by atoms with E-state index in [1.807, 2.05) is 18.2 Å². The van der Waals surface area contributed by atoms with Crippen molar-refractivity contribution in [3.05, 3.63) is 107 Å². The molecule has 0 saturated heterocycles. The van der Waals surface area contributed by atoms with Gasteiger partial charge in [-0.3, -0.25) is 4.79 Å². The third-order valence-electron chi connectivity index (χ3n) is 5.30. The number of nitrogens with one attached hydrogen (secondary N) is 3. The summed E-state index contributed by atoms with van der Waals surface area (Å²) in [4.78, 5) is 23.9. The van der Waals surface area contributed by atoms with Crippen LogP contribution in [0.15, 0.2) is 73.2 Å². The Balaban J connectivity index is 1.39. The van der Waals surface area contributed by atoms with Crippen molar-refractivity contribution in [3.63, 3.8) is 0 Å². The summed E-state index contributed by atoms with van der Waals surface area (Å²) in [6.07, 6.45) is 3.05. The van der Waals surface area contributed by atoms with Crippen molar-refractivity contribution < 1.29 is 13.9 Å². The van der Waals surface area contributed by atoms with Crippen LogP contribution in [0.1, 0.15) is 29.4 Å². The van der Waals surface area contributed by atoms with Gasteiger partial charge in [-0.15, -0.1) is 0 Å². The van der Waals surface area contributed by atoms with Crippen LogP contribution in [0.25, 0.3) is 0 Å². The topological polar surface area (TPSA) is 101 Å². The molecule has 198 valence electrons. The van der Waals surface area contributed by atoms with E-state index in [9.17, 15) is 9.18 Å². The molecule has 8 nitrogen and oxygen atoms in total. The quantitative estimate of drug-likeness (QED) is 0.198. The number of anilines is 2. The molecular formula is C29H26ClFN6O2. The highest BCUT2D eigenvalue weighted by atomic mass is 35.5. The van der Waals surface area contributed by atoms with Crippen LogP contribution in [0.2, 0.25) is 5.02 Å². The fourth-order valence-electron chi connectivity index (χ4n) is 3.46. The third kappa shape index (κ3) is 8.78. The number of carbonyl (C=O) groups excluding carboxylic acids is 1. The molecule has 1 amide bonds. The third-order valence-corrected chi connectivity index (χ3v) is 5.60. The molecule has 0 saturated carbocycles. The fraction of sp³-hybridized carbons (Fsp3) is 0.172. The molecule has 10 heteroatoms. The lowest BCUT2D eigenvalue weighted by Crippen LogP contribution is -2.30. The molecule has 0 aliphatic rings. The second kappa shape index (κ2) is 13.9. The summed E-state index contributed by atoms with van der Waals surface area (Å²) in [5.74, 6) is 6.75. The van der Waals surface area contributed by atoms with E-state index >= 15 is 0 Å². The Morgan fingerprint density at radius 1 is 1.08 bits per heavy atom. The van der Waals surface area contributed by atoms with E-state index in [4.69, 9.17) is 16.3 Å². The van der Waals surface area contributed by atoms with Gasteiger partial charge >= 0.3 is 0 Å². The minimum atomic E-state index is -0.318. The molecule has 2 aromatic carbocycles. The number of pyridine rings is 1. The van der Waals surface area contributed by atoms with Gasteiger partial charge in [0.1, 0.15) is 36.0 Å². The van der Waals surface area contributed by atoms with Gasteiger partial charge in [0.25, 0.3) is 0 Å². The van der Waals surface area contributed by atoms with Crippen molar-refractivity contribution in [1.82, 2.24) is 25.6 Å². The monoisotopic (exact) mass is 544 g/mol. The summed E-state index contributed by atoms with van der Waals surface area (Å²) in [6.45, 7) is 3.42. The minimum Gasteiger partial charge on any atom is -0.487 e. The first-order chi connectivity index (χ1) is 19.0. The maximum atomic E-state index is 13.4. The normalized spacial score (nSPS) is 10.3. The largest absolute Gasteiger partial charge is 0.487 e. The first-order valence-electron chi connectivity index (χ1n) is 12.1. The highest BCUT2D eigenvalue weighted by Gasteiger charge is 2.08. The van der Waals surface area contributed by atoms with Crippen molar-refractivity contribution >= 4 is 29.0 Å². The zero-order valence-corrected chi connectivity index (χ0v) is 21.9. The number of hydrogen-bond donors (Lipinski definition) is 3. The van der Waals surface area contributed by atoms with Crippen LogP contribution in [-0.2, 0) is 17.9 Å². The molecule has 4 rings (SSSR count). The number of amides is 1. The highest BCUT2D eigenvalue weighted by Crippen LogP contribution is 2.30. The van der Waals surface area contributed by atoms with E-state index < -0.39 is 0 Å². The maximum Gasteiger partial charge on any atom is 0.216 e. The first kappa shape index (κ1) is 27.5. The molecule has 3 N–H and O–H groups in total. The summed E-state index contributed by atoms with van der Waals surface area (Å²) in [5, 5.41) is 9.57. The Hall–Kier alpha value is -4.52. The van der Waals surface area contributed by atoms with Gasteiger partial charge in [0.05, 0.1) is 16.3 Å². The molecule has 2 aromatic heterocycles. The van der Waals surface area contributed by atoms with Crippen LogP contribution in [0.4, 0.5) is 15.9 Å². The summed E-state index contributed by atoms with van der Waals surface area (Å²) in [5.41, 5.74) is 3.41. The van der Waals surface area contributed by atoms with E-state index in [2.05, 4.69) is 42.7 Å². The molecule has 39 heavy (non-hydrogen) atoms. The Morgan fingerprint density at radius 2 is 1.95 bits per heavy atom. The van der Waals surface area contributed by atoms with Gasteiger partial charge in [-0.1, -0.05) is 35.7 Å². The summed E-state index contributed by atoms with van der Waals surface area (Å²) in [6, 6.07) is 17.1. The van der Waals surface area contributed by atoms with Crippen LogP contribution < -0.4 is 20.7 Å². The van der Waals surface area contributed by atoms with Crippen LogP contribution in [0, 0.1) is 17.7 Å². The summed E-state index contributed by atoms with van der Waals surface area (Å²) < 4.78 is 19.1. The molecule has 0 unspecified atom stereocenters. The van der Waals surface area contributed by atoms with Crippen LogP contribution in [0.5, 0.6) is 5.75 Å². The Labute approximate surface area is 231 Å². The predicted molar refractivity (Wildman–Crippen MR) is 148 cm³/mol. The minimum absolute atomic E-state index is 0.0577. The van der Waals surface area contributed by atoms with Gasteiger partial charge in [0, 0.05) is 38.4 Å². The first-order valence-corrected chi connectivity index (χ1v) is 12.5. The zero-order chi connectivity index (χ0) is 27.5. The number of halogens is 2. The van der Waals surface area contributed by atoms with Gasteiger partial charge in [-0.25, -0.2) is 19.3 Å². The Morgan fingerprint density at radius 3 is 2.77 bits per heavy atom. The second-order valence-electron chi connectivity index (χ2n) is 8.40. The van der Waals surface area contributed by atoms with Gasteiger partial charge in [0.15, 0.2) is 0 Å². The van der Waals surface area contributed by atoms with Crippen molar-refractivity contribution in [2.45, 2.75) is 20.1 Å². The Kier molecular flexibility index (Phi) is 9.78. The van der Waals surface area contributed by atoms with Crippen molar-refractivity contribution in [3.8, 4) is 17.6 Å². The molecule has 0 spiro atoms. The predicted octanol–water partition coefficient (Wildman–Crippen LogP) is 4.61. The smallest absolute Gasteiger partial charge is 0.216 e. The Bertz CT molecular complexity index is 1500. The van der Waals surface area contributed by atoms with Crippen molar-refractivity contribution in [1.29, 1.82) is 0 Å². The van der Waals surface area contributed by atoms with E-state index in [0.29, 0.717) is 58.7 Å². The molecule has 0 fully saturated rings. The van der Waals surface area contributed by atoms with E-state index in [1.54, 1.807) is 36.5 Å². The van der Waals surface area contributed by atoms with Crippen LogP contribution in [0.3, 0.4) is 0 Å². The number of aromatic nitrogens is 3. The summed E-state index contributed by atoms with van der Waals surface area (Å²) in [7, 11) is 0. The van der Waals surface area contributed by atoms with Crippen LogP contribution in [-0.4, -0.2) is 33.9 Å². The molecule has 0 aliphatic heterocycles. The number of carbonyl (C=O) groups is 1. The molecule has 4 aromatic rings. The zero-order valence-electron chi connectivity index (χ0n) is 21.2. The number of ether oxygens (including phenoxy) is 1.